The fourth-order valence-corrected chi connectivity index (χ4v) is 4.50. The van der Waals surface area contributed by atoms with Gasteiger partial charge in [-0.05, 0) is 50.1 Å². The Morgan fingerprint density at radius 3 is 2.94 bits per heavy atom. The zero-order valence-electron chi connectivity index (χ0n) is 16.8. The average Bonchev–Trinajstić information content (AvgIpc) is 3.26. The van der Waals surface area contributed by atoms with Crippen LogP contribution in [0.15, 0.2) is 52.4 Å². The van der Waals surface area contributed by atoms with Gasteiger partial charge in [-0.3, -0.25) is 14.2 Å². The predicted molar refractivity (Wildman–Crippen MR) is 120 cm³/mol. The van der Waals surface area contributed by atoms with E-state index in [1.54, 1.807) is 29.7 Å². The summed E-state index contributed by atoms with van der Waals surface area (Å²) < 4.78 is 21.3. The predicted octanol–water partition coefficient (Wildman–Crippen LogP) is 4.49. The molecule has 1 amide bonds. The first-order valence-corrected chi connectivity index (χ1v) is 11.2. The second-order valence-corrected chi connectivity index (χ2v) is 9.08. The van der Waals surface area contributed by atoms with Crippen LogP contribution in [0.5, 0.6) is 0 Å². The van der Waals surface area contributed by atoms with E-state index in [0.29, 0.717) is 29.2 Å². The molecule has 1 aliphatic rings. The van der Waals surface area contributed by atoms with Crippen LogP contribution in [0.4, 0.5) is 10.1 Å². The monoisotopic (exact) mass is 461 g/mol. The minimum atomic E-state index is -0.626. The van der Waals surface area contributed by atoms with Crippen molar-refractivity contribution in [3.63, 3.8) is 0 Å². The summed E-state index contributed by atoms with van der Waals surface area (Å²) in [5, 5.41) is 3.14. The van der Waals surface area contributed by atoms with Crippen molar-refractivity contribution in [3.05, 3.63) is 63.7 Å². The quantitative estimate of drug-likeness (QED) is 0.432. The number of amides is 1. The van der Waals surface area contributed by atoms with Crippen molar-refractivity contribution in [1.29, 1.82) is 0 Å². The second kappa shape index (κ2) is 9.38. The molecule has 31 heavy (non-hydrogen) atoms. The van der Waals surface area contributed by atoms with E-state index in [-0.39, 0.29) is 22.4 Å². The summed E-state index contributed by atoms with van der Waals surface area (Å²) in [5.41, 5.74) is 0.444. The molecular weight excluding hydrogens is 441 g/mol. The molecule has 6 nitrogen and oxygen atoms in total. The summed E-state index contributed by atoms with van der Waals surface area (Å²) in [6.45, 7) is 2.74. The van der Waals surface area contributed by atoms with Gasteiger partial charge in [-0.25, -0.2) is 9.37 Å². The molecule has 0 saturated carbocycles. The van der Waals surface area contributed by atoms with Crippen molar-refractivity contribution in [2.75, 3.05) is 11.9 Å². The Bertz CT molecular complexity index is 1180. The number of ether oxygens (including phenoxy) is 1. The van der Waals surface area contributed by atoms with Crippen LogP contribution in [0.1, 0.15) is 19.8 Å². The molecule has 2 atom stereocenters. The molecule has 0 spiro atoms. The molecule has 1 N–H and O–H groups in total. The first-order chi connectivity index (χ1) is 14.9. The number of rotatable bonds is 6. The highest BCUT2D eigenvalue weighted by atomic mass is 35.5. The molecule has 2 heterocycles. The van der Waals surface area contributed by atoms with Crippen LogP contribution in [0.2, 0.25) is 5.02 Å². The number of hydrogen-bond donors (Lipinski definition) is 1. The molecule has 162 valence electrons. The first kappa shape index (κ1) is 21.8. The lowest BCUT2D eigenvalue weighted by molar-refractivity contribution is -0.115. The van der Waals surface area contributed by atoms with E-state index in [1.165, 1.54) is 12.1 Å². The van der Waals surface area contributed by atoms with Gasteiger partial charge in [-0.2, -0.15) is 0 Å². The van der Waals surface area contributed by atoms with Crippen LogP contribution in [-0.4, -0.2) is 33.4 Å². The summed E-state index contributed by atoms with van der Waals surface area (Å²) in [4.78, 5) is 30.5. The van der Waals surface area contributed by atoms with Crippen molar-refractivity contribution >= 4 is 45.9 Å². The summed E-state index contributed by atoms with van der Waals surface area (Å²) in [6.07, 6.45) is 1.76. The van der Waals surface area contributed by atoms with Crippen molar-refractivity contribution in [1.82, 2.24) is 9.55 Å². The maximum absolute atomic E-state index is 14.0. The van der Waals surface area contributed by atoms with Crippen LogP contribution in [0, 0.1) is 5.82 Å². The van der Waals surface area contributed by atoms with Gasteiger partial charge in [-0.1, -0.05) is 35.5 Å². The number of carbonyl (C=O) groups excluding carboxylic acids is 1. The number of benzene rings is 2. The molecule has 2 unspecified atom stereocenters. The lowest BCUT2D eigenvalue weighted by Crippen LogP contribution is -2.30. The summed E-state index contributed by atoms with van der Waals surface area (Å²) >= 11 is 6.92. The maximum atomic E-state index is 14.0. The molecule has 9 heteroatoms. The normalized spacial score (nSPS) is 17.1. The number of anilines is 1. The van der Waals surface area contributed by atoms with Crippen LogP contribution in [0.3, 0.4) is 0 Å². The van der Waals surface area contributed by atoms with E-state index >= 15 is 0 Å². The third-order valence-electron chi connectivity index (χ3n) is 5.08. The number of fused-ring (bicyclic) bond motifs is 1. The van der Waals surface area contributed by atoms with Crippen molar-refractivity contribution in [2.24, 2.45) is 0 Å². The minimum Gasteiger partial charge on any atom is -0.376 e. The number of nitrogens with one attached hydrogen (secondary N) is 1. The highest BCUT2D eigenvalue weighted by Crippen LogP contribution is 2.26. The van der Waals surface area contributed by atoms with E-state index in [0.717, 1.165) is 30.7 Å². The Morgan fingerprint density at radius 2 is 2.19 bits per heavy atom. The molecule has 1 fully saturated rings. The second-order valence-electron chi connectivity index (χ2n) is 7.34. The number of hydrogen-bond acceptors (Lipinski definition) is 5. The van der Waals surface area contributed by atoms with Gasteiger partial charge in [0.25, 0.3) is 5.56 Å². The number of aromatic nitrogens is 2. The Hall–Kier alpha value is -2.42. The highest BCUT2D eigenvalue weighted by Gasteiger charge is 2.23. The standard InChI is InChI=1S/C22H21ClFN3O3S/c1-13(20(28)25-19-9-8-14(23)11-17(19)24)31-22-26-18-7-3-2-6-16(18)21(29)27(22)12-15-5-4-10-30-15/h2-3,6-9,11,13,15H,4-5,10,12H2,1H3,(H,25,28). The topological polar surface area (TPSA) is 73.2 Å². The van der Waals surface area contributed by atoms with Gasteiger partial charge >= 0.3 is 0 Å². The van der Waals surface area contributed by atoms with E-state index in [1.807, 2.05) is 6.07 Å². The Balaban J connectivity index is 1.61. The zero-order valence-corrected chi connectivity index (χ0v) is 18.4. The molecule has 0 aliphatic carbocycles. The third-order valence-corrected chi connectivity index (χ3v) is 6.40. The van der Waals surface area contributed by atoms with Crippen molar-refractivity contribution in [3.8, 4) is 0 Å². The van der Waals surface area contributed by atoms with Gasteiger partial charge in [0.1, 0.15) is 5.82 Å². The molecule has 1 aliphatic heterocycles. The van der Waals surface area contributed by atoms with Crippen LogP contribution >= 0.6 is 23.4 Å². The minimum absolute atomic E-state index is 0.0464. The van der Waals surface area contributed by atoms with Crippen LogP contribution in [-0.2, 0) is 16.1 Å². The molecular formula is C22H21ClFN3O3S. The smallest absolute Gasteiger partial charge is 0.262 e. The number of halogens is 2. The van der Waals surface area contributed by atoms with Gasteiger partial charge in [0.05, 0.1) is 34.5 Å². The summed E-state index contributed by atoms with van der Waals surface area (Å²) in [6, 6.07) is 11.2. The van der Waals surface area contributed by atoms with Crippen molar-refractivity contribution < 1.29 is 13.9 Å². The van der Waals surface area contributed by atoms with Gasteiger partial charge < -0.3 is 10.1 Å². The molecule has 3 aromatic rings. The maximum Gasteiger partial charge on any atom is 0.262 e. The lowest BCUT2D eigenvalue weighted by Gasteiger charge is -2.18. The van der Waals surface area contributed by atoms with E-state index < -0.39 is 17.0 Å². The molecule has 2 aromatic carbocycles. The Morgan fingerprint density at radius 1 is 1.39 bits per heavy atom. The van der Waals surface area contributed by atoms with E-state index in [2.05, 4.69) is 10.3 Å². The van der Waals surface area contributed by atoms with E-state index in [9.17, 15) is 14.0 Å². The Labute approximate surface area is 187 Å². The fourth-order valence-electron chi connectivity index (χ4n) is 3.43. The SMILES string of the molecule is CC(Sc1nc2ccccc2c(=O)n1CC1CCCO1)C(=O)Nc1ccc(Cl)cc1F. The summed E-state index contributed by atoms with van der Waals surface area (Å²) in [7, 11) is 0. The Kier molecular flexibility index (Phi) is 6.60. The third kappa shape index (κ3) is 4.92. The number of para-hydroxylation sites is 1. The molecule has 1 aromatic heterocycles. The number of carbonyl (C=O) groups is 1. The summed E-state index contributed by atoms with van der Waals surface area (Å²) in [5.74, 6) is -1.02. The largest absolute Gasteiger partial charge is 0.376 e. The van der Waals surface area contributed by atoms with Gasteiger partial charge in [0.15, 0.2) is 5.16 Å². The van der Waals surface area contributed by atoms with Crippen LogP contribution < -0.4 is 10.9 Å². The lowest BCUT2D eigenvalue weighted by atomic mass is 10.2. The first-order valence-electron chi connectivity index (χ1n) is 9.96. The van der Waals surface area contributed by atoms with E-state index in [4.69, 9.17) is 16.3 Å². The molecule has 4 rings (SSSR count). The zero-order chi connectivity index (χ0) is 22.0. The van der Waals surface area contributed by atoms with Crippen LogP contribution in [0.25, 0.3) is 10.9 Å². The van der Waals surface area contributed by atoms with Gasteiger partial charge in [0, 0.05) is 11.6 Å². The van der Waals surface area contributed by atoms with Crippen molar-refractivity contribution in [2.45, 2.75) is 42.8 Å². The number of thioether (sulfide) groups is 1. The van der Waals surface area contributed by atoms with Gasteiger partial charge in [-0.15, -0.1) is 0 Å². The highest BCUT2D eigenvalue weighted by molar-refractivity contribution is 8.00. The number of nitrogens with zero attached hydrogens (tertiary/aromatic N) is 2. The molecule has 1 saturated heterocycles. The average molecular weight is 462 g/mol. The fraction of sp³-hybridized carbons (Fsp3) is 0.318. The van der Waals surface area contributed by atoms with Gasteiger partial charge in [0.2, 0.25) is 5.91 Å². The molecule has 0 bridgehead atoms. The molecule has 0 radical (unpaired) electrons.